The van der Waals surface area contributed by atoms with Crippen molar-refractivity contribution in [3.05, 3.63) is 108 Å². The van der Waals surface area contributed by atoms with Crippen LogP contribution in [0.15, 0.2) is 97.1 Å². The third-order valence-corrected chi connectivity index (χ3v) is 6.17. The molecule has 1 heterocycles. The molecule has 0 saturated carbocycles. The van der Waals surface area contributed by atoms with Gasteiger partial charge in [0.25, 0.3) is 0 Å². The number of carbonyl (C=O) groups is 2. The third-order valence-electron chi connectivity index (χ3n) is 6.17. The Morgan fingerprint density at radius 3 is 1.47 bits per heavy atom. The number of anilines is 1. The van der Waals surface area contributed by atoms with Crippen molar-refractivity contribution in [3.8, 4) is 5.75 Å². The normalized spacial score (nSPS) is 25.4. The molecule has 0 aromatic heterocycles. The van der Waals surface area contributed by atoms with Gasteiger partial charge in [-0.1, -0.05) is 72.8 Å². The topological polar surface area (TPSA) is 57.6 Å². The summed E-state index contributed by atoms with van der Waals surface area (Å²) in [5, 5.41) is 9.62. The SMILES string of the molecule is O=C1[C@@H]2[C@H](C(=O)N1c1ccc(O)cc1)[C@@H](c1ccccc1)C=C[C@H]2c1ccccc1. The van der Waals surface area contributed by atoms with Gasteiger partial charge in [0.1, 0.15) is 5.75 Å². The van der Waals surface area contributed by atoms with Gasteiger partial charge in [-0.3, -0.25) is 9.59 Å². The third kappa shape index (κ3) is 2.92. The van der Waals surface area contributed by atoms with Gasteiger partial charge in [0.05, 0.1) is 17.5 Å². The fourth-order valence-corrected chi connectivity index (χ4v) is 4.79. The van der Waals surface area contributed by atoms with Crippen molar-refractivity contribution in [2.45, 2.75) is 11.8 Å². The number of aromatic hydroxyl groups is 1. The first kappa shape index (κ1) is 18.4. The first-order valence-corrected chi connectivity index (χ1v) is 10.1. The van der Waals surface area contributed by atoms with E-state index in [2.05, 4.69) is 12.2 Å². The minimum absolute atomic E-state index is 0.0984. The predicted octanol–water partition coefficient (Wildman–Crippen LogP) is 4.64. The number of hydrogen-bond acceptors (Lipinski definition) is 3. The lowest BCUT2D eigenvalue weighted by Gasteiger charge is -2.32. The molecule has 1 fully saturated rings. The number of fused-ring (bicyclic) bond motifs is 1. The van der Waals surface area contributed by atoms with E-state index in [9.17, 15) is 14.7 Å². The maximum atomic E-state index is 13.6. The van der Waals surface area contributed by atoms with Gasteiger partial charge < -0.3 is 5.11 Å². The number of phenolic OH excluding ortho intramolecular Hbond substituents is 1. The number of phenols is 1. The first-order chi connectivity index (χ1) is 14.6. The summed E-state index contributed by atoms with van der Waals surface area (Å²) in [4.78, 5) is 28.5. The summed E-state index contributed by atoms with van der Waals surface area (Å²) in [7, 11) is 0. The summed E-state index contributed by atoms with van der Waals surface area (Å²) < 4.78 is 0. The van der Waals surface area contributed by atoms with Gasteiger partial charge >= 0.3 is 0 Å². The Hall–Kier alpha value is -3.66. The molecule has 1 saturated heterocycles. The molecular weight excluding hydrogens is 374 g/mol. The van der Waals surface area contributed by atoms with Crippen molar-refractivity contribution in [1.82, 2.24) is 0 Å². The summed E-state index contributed by atoms with van der Waals surface area (Å²) in [6, 6.07) is 26.0. The van der Waals surface area contributed by atoms with Crippen molar-refractivity contribution in [2.24, 2.45) is 11.8 Å². The van der Waals surface area contributed by atoms with E-state index in [1.54, 1.807) is 12.1 Å². The van der Waals surface area contributed by atoms with Crippen LogP contribution < -0.4 is 4.90 Å². The number of amides is 2. The van der Waals surface area contributed by atoms with Gasteiger partial charge in [-0.15, -0.1) is 0 Å². The second kappa shape index (κ2) is 7.30. The zero-order valence-electron chi connectivity index (χ0n) is 16.3. The minimum atomic E-state index is -0.469. The molecule has 1 N–H and O–H groups in total. The second-order valence-corrected chi connectivity index (χ2v) is 7.84. The molecule has 0 spiro atoms. The lowest BCUT2D eigenvalue weighted by atomic mass is 9.68. The fraction of sp³-hybridized carbons (Fsp3) is 0.154. The standard InChI is InChI=1S/C26H21NO3/c28-20-13-11-19(12-14-20)27-25(29)23-21(17-7-3-1-4-8-17)15-16-22(24(23)26(27)30)18-9-5-2-6-10-18/h1-16,21-24,28H/t21-,22+,23-,24+. The van der Waals surface area contributed by atoms with Crippen LogP contribution in [0.5, 0.6) is 5.75 Å². The molecule has 2 aliphatic rings. The predicted molar refractivity (Wildman–Crippen MR) is 115 cm³/mol. The molecule has 3 aromatic rings. The van der Waals surface area contributed by atoms with Gasteiger partial charge in [0.2, 0.25) is 11.8 Å². The number of allylic oxidation sites excluding steroid dienone is 2. The molecule has 0 bridgehead atoms. The van der Waals surface area contributed by atoms with Crippen LogP contribution >= 0.6 is 0 Å². The summed E-state index contributed by atoms with van der Waals surface area (Å²) in [6.07, 6.45) is 4.17. The smallest absolute Gasteiger partial charge is 0.238 e. The van der Waals surface area contributed by atoms with Crippen LogP contribution in [0.1, 0.15) is 23.0 Å². The summed E-state index contributed by atoms with van der Waals surface area (Å²) in [5.74, 6) is -1.52. The molecule has 5 rings (SSSR count). The van der Waals surface area contributed by atoms with Gasteiger partial charge in [-0.05, 0) is 35.4 Å². The quantitative estimate of drug-likeness (QED) is 0.519. The largest absolute Gasteiger partial charge is 0.508 e. The van der Waals surface area contributed by atoms with Crippen LogP contribution in [0.2, 0.25) is 0 Å². The Morgan fingerprint density at radius 1 is 0.600 bits per heavy atom. The molecule has 30 heavy (non-hydrogen) atoms. The maximum Gasteiger partial charge on any atom is 0.238 e. The molecule has 0 radical (unpaired) electrons. The number of carbonyl (C=O) groups excluding carboxylic acids is 2. The Kier molecular flexibility index (Phi) is 4.47. The maximum absolute atomic E-state index is 13.6. The lowest BCUT2D eigenvalue weighted by molar-refractivity contribution is -0.122. The molecule has 148 valence electrons. The molecule has 0 unspecified atom stereocenters. The second-order valence-electron chi connectivity index (χ2n) is 7.84. The molecule has 4 atom stereocenters. The Bertz CT molecular complexity index is 1040. The van der Waals surface area contributed by atoms with Crippen LogP contribution in [-0.4, -0.2) is 16.9 Å². The molecule has 4 nitrogen and oxygen atoms in total. The summed E-state index contributed by atoms with van der Waals surface area (Å²) in [6.45, 7) is 0. The highest BCUT2D eigenvalue weighted by Crippen LogP contribution is 2.50. The number of rotatable bonds is 3. The lowest BCUT2D eigenvalue weighted by Crippen LogP contribution is -2.31. The van der Waals surface area contributed by atoms with Gasteiger partial charge in [-0.25, -0.2) is 4.90 Å². The zero-order valence-corrected chi connectivity index (χ0v) is 16.3. The van der Waals surface area contributed by atoms with E-state index in [4.69, 9.17) is 0 Å². The van der Waals surface area contributed by atoms with Gasteiger partial charge in [0.15, 0.2) is 0 Å². The summed E-state index contributed by atoms with van der Waals surface area (Å²) >= 11 is 0. The number of hydrogen-bond donors (Lipinski definition) is 1. The molecule has 1 aliphatic carbocycles. The van der Waals surface area contributed by atoms with Crippen molar-refractivity contribution < 1.29 is 14.7 Å². The molecule has 1 aliphatic heterocycles. The van der Waals surface area contributed by atoms with Crippen molar-refractivity contribution in [2.75, 3.05) is 4.90 Å². The molecule has 3 aromatic carbocycles. The summed E-state index contributed by atoms with van der Waals surface area (Å²) in [5.41, 5.74) is 2.56. The first-order valence-electron chi connectivity index (χ1n) is 10.1. The van der Waals surface area contributed by atoms with Crippen LogP contribution in [0, 0.1) is 11.8 Å². The average molecular weight is 395 g/mol. The highest BCUT2D eigenvalue weighted by atomic mass is 16.3. The van der Waals surface area contributed by atoms with Crippen molar-refractivity contribution in [3.63, 3.8) is 0 Å². The van der Waals surface area contributed by atoms with E-state index in [0.717, 1.165) is 11.1 Å². The van der Waals surface area contributed by atoms with E-state index < -0.39 is 11.8 Å². The van der Waals surface area contributed by atoms with Crippen molar-refractivity contribution in [1.29, 1.82) is 0 Å². The average Bonchev–Trinajstić information content (AvgIpc) is 3.06. The van der Waals surface area contributed by atoms with E-state index in [-0.39, 0.29) is 29.4 Å². The van der Waals surface area contributed by atoms with Gasteiger partial charge in [0, 0.05) is 11.8 Å². The minimum Gasteiger partial charge on any atom is -0.508 e. The Balaban J connectivity index is 1.63. The number of nitrogens with zero attached hydrogens (tertiary/aromatic N) is 1. The Labute approximate surface area is 175 Å². The number of imide groups is 1. The fourth-order valence-electron chi connectivity index (χ4n) is 4.79. The van der Waals surface area contributed by atoms with E-state index >= 15 is 0 Å². The highest BCUT2D eigenvalue weighted by molar-refractivity contribution is 6.23. The zero-order chi connectivity index (χ0) is 20.7. The van der Waals surface area contributed by atoms with Crippen LogP contribution in [0.25, 0.3) is 0 Å². The van der Waals surface area contributed by atoms with Crippen molar-refractivity contribution >= 4 is 17.5 Å². The molecule has 4 heteroatoms. The number of benzene rings is 3. The monoisotopic (exact) mass is 395 g/mol. The van der Waals surface area contributed by atoms with Crippen LogP contribution in [-0.2, 0) is 9.59 Å². The van der Waals surface area contributed by atoms with Crippen LogP contribution in [0.3, 0.4) is 0 Å². The van der Waals surface area contributed by atoms with Crippen LogP contribution in [0.4, 0.5) is 5.69 Å². The molecular formula is C26H21NO3. The highest BCUT2D eigenvalue weighted by Gasteiger charge is 2.55. The van der Waals surface area contributed by atoms with E-state index in [1.165, 1.54) is 17.0 Å². The van der Waals surface area contributed by atoms with E-state index in [1.807, 2.05) is 60.7 Å². The van der Waals surface area contributed by atoms with Gasteiger partial charge in [-0.2, -0.15) is 0 Å². The Morgan fingerprint density at radius 2 is 1.03 bits per heavy atom. The van der Waals surface area contributed by atoms with E-state index in [0.29, 0.717) is 5.69 Å². The molecule has 2 amide bonds.